The highest BCUT2D eigenvalue weighted by Gasteiger charge is 2.31. The molecule has 1 fully saturated rings. The van der Waals surface area contributed by atoms with E-state index in [0.29, 0.717) is 53.1 Å². The number of carbonyl (C=O) groups excluding carboxylic acids is 2. The minimum atomic E-state index is -4.72. The number of alkyl halides is 3. The van der Waals surface area contributed by atoms with Crippen molar-refractivity contribution >= 4 is 28.4 Å². The number of anilines is 1. The van der Waals surface area contributed by atoms with Crippen LogP contribution in [0.4, 0.5) is 27.6 Å². The number of nitrogens with zero attached hydrogens (tertiary/aromatic N) is 1. The minimum absolute atomic E-state index is 0.105. The van der Waals surface area contributed by atoms with Gasteiger partial charge in [-0.05, 0) is 74.3 Å². The molecule has 2 amide bonds. The van der Waals surface area contributed by atoms with Crippen molar-refractivity contribution in [3.8, 4) is 23.0 Å². The molecule has 9 nitrogen and oxygen atoms in total. The van der Waals surface area contributed by atoms with Crippen LogP contribution in [0, 0.1) is 17.6 Å². The average Bonchev–Trinajstić information content (AvgIpc) is 3.04. The van der Waals surface area contributed by atoms with Crippen LogP contribution < -0.4 is 30.2 Å². The van der Waals surface area contributed by atoms with E-state index in [-0.39, 0.29) is 17.2 Å². The summed E-state index contributed by atoms with van der Waals surface area (Å²) >= 11 is 0. The van der Waals surface area contributed by atoms with Gasteiger partial charge in [0.25, 0.3) is 0 Å². The summed E-state index contributed by atoms with van der Waals surface area (Å²) in [5, 5.41) is 8.08. The third-order valence-electron chi connectivity index (χ3n) is 7.35. The van der Waals surface area contributed by atoms with Crippen LogP contribution in [-0.4, -0.2) is 43.6 Å². The number of piperidine rings is 1. The Morgan fingerprint density at radius 1 is 0.913 bits per heavy atom. The molecule has 0 atom stereocenters. The smallest absolute Gasteiger partial charge is 0.416 e. The molecule has 0 aliphatic carbocycles. The summed E-state index contributed by atoms with van der Waals surface area (Å²) in [6.07, 6.45) is -1.20. The third-order valence-corrected chi connectivity index (χ3v) is 7.35. The first kappa shape index (κ1) is 32.4. The van der Waals surface area contributed by atoms with Crippen LogP contribution in [0.5, 0.6) is 23.0 Å². The molecule has 46 heavy (non-hydrogen) atoms. The van der Waals surface area contributed by atoms with Crippen molar-refractivity contribution in [2.75, 3.05) is 32.1 Å². The summed E-state index contributed by atoms with van der Waals surface area (Å²) in [4.78, 5) is 28.9. The van der Waals surface area contributed by atoms with Gasteiger partial charge in [0, 0.05) is 41.5 Å². The number of aromatic nitrogens is 1. The quantitative estimate of drug-likeness (QED) is 0.152. The Morgan fingerprint density at radius 3 is 2.41 bits per heavy atom. The van der Waals surface area contributed by atoms with Crippen LogP contribution in [0.25, 0.3) is 10.9 Å². The van der Waals surface area contributed by atoms with Crippen LogP contribution in [0.15, 0.2) is 60.8 Å². The van der Waals surface area contributed by atoms with E-state index >= 15 is 4.39 Å². The highest BCUT2D eigenvalue weighted by Crippen LogP contribution is 2.38. The van der Waals surface area contributed by atoms with E-state index in [9.17, 15) is 27.2 Å². The molecule has 0 radical (unpaired) electrons. The van der Waals surface area contributed by atoms with Gasteiger partial charge in [0.1, 0.15) is 11.6 Å². The van der Waals surface area contributed by atoms with Crippen molar-refractivity contribution in [2.45, 2.75) is 25.6 Å². The normalized spacial score (nSPS) is 13.7. The van der Waals surface area contributed by atoms with Gasteiger partial charge in [0.05, 0.1) is 24.8 Å². The Balaban J connectivity index is 1.23. The standard InChI is InChI=1S/C32H29F5N4O5/c1-44-28-14-22-25(15-29(28)45-17-18-6-9-38-10-7-18)39-11-8-26(22)46-27-5-3-21(13-24(27)34)41-31(43)30(42)40-16-19-12-20(32(35,36)37)2-4-23(19)33/h2-5,8,11-15,18,38H,6-7,9-10,16-17H2,1H3,(H,40,42)(H,41,43). The lowest BCUT2D eigenvalue weighted by atomic mass is 9.99. The van der Waals surface area contributed by atoms with Crippen molar-refractivity contribution in [3.05, 3.63) is 83.6 Å². The minimum Gasteiger partial charge on any atom is -0.493 e. The van der Waals surface area contributed by atoms with Gasteiger partial charge in [-0.15, -0.1) is 0 Å². The second kappa shape index (κ2) is 14.0. The lowest BCUT2D eigenvalue weighted by molar-refractivity contribution is -0.137. The van der Waals surface area contributed by atoms with Gasteiger partial charge in [-0.1, -0.05) is 0 Å². The lowest BCUT2D eigenvalue weighted by Gasteiger charge is -2.23. The largest absolute Gasteiger partial charge is 0.493 e. The molecule has 4 aromatic rings. The van der Waals surface area contributed by atoms with Crippen LogP contribution in [-0.2, 0) is 22.3 Å². The molecule has 2 heterocycles. The highest BCUT2D eigenvalue weighted by atomic mass is 19.4. The lowest BCUT2D eigenvalue weighted by Crippen LogP contribution is -2.35. The Bertz CT molecular complexity index is 1740. The number of methoxy groups -OCH3 is 1. The van der Waals surface area contributed by atoms with Gasteiger partial charge >= 0.3 is 18.0 Å². The molecular weight excluding hydrogens is 615 g/mol. The Kier molecular flexibility index (Phi) is 9.85. The number of hydrogen-bond donors (Lipinski definition) is 3. The number of hydrogen-bond acceptors (Lipinski definition) is 7. The Labute approximate surface area is 260 Å². The van der Waals surface area contributed by atoms with E-state index in [1.54, 1.807) is 18.2 Å². The molecule has 0 spiro atoms. The van der Waals surface area contributed by atoms with Crippen LogP contribution in [0.2, 0.25) is 0 Å². The fraction of sp³-hybridized carbons (Fsp3) is 0.281. The van der Waals surface area contributed by atoms with E-state index in [2.05, 4.69) is 15.6 Å². The van der Waals surface area contributed by atoms with Crippen molar-refractivity contribution in [2.24, 2.45) is 5.92 Å². The molecule has 1 aromatic heterocycles. The summed E-state index contributed by atoms with van der Waals surface area (Å²) in [6, 6.07) is 10.1. The zero-order valence-electron chi connectivity index (χ0n) is 24.5. The van der Waals surface area contributed by atoms with Gasteiger partial charge < -0.3 is 30.2 Å². The van der Waals surface area contributed by atoms with Crippen molar-refractivity contribution in [1.29, 1.82) is 0 Å². The summed E-state index contributed by atoms with van der Waals surface area (Å²) in [7, 11) is 1.51. The molecule has 3 N–H and O–H groups in total. The molecule has 0 unspecified atom stereocenters. The number of halogens is 5. The van der Waals surface area contributed by atoms with Gasteiger partial charge in [-0.3, -0.25) is 14.6 Å². The number of carbonyl (C=O) groups is 2. The molecule has 1 saturated heterocycles. The SMILES string of the molecule is COc1cc2c(Oc3ccc(NC(=O)C(=O)NCc4cc(C(F)(F)F)ccc4F)cc3F)ccnc2cc1OCC1CCNCC1. The number of pyridine rings is 1. The summed E-state index contributed by atoms with van der Waals surface area (Å²) in [5.41, 5.74) is -1.15. The second-order valence-corrected chi connectivity index (χ2v) is 10.5. The first-order valence-electron chi connectivity index (χ1n) is 14.2. The molecule has 5 rings (SSSR count). The fourth-order valence-electron chi connectivity index (χ4n) is 4.86. The third kappa shape index (κ3) is 7.80. The van der Waals surface area contributed by atoms with E-state index in [1.165, 1.54) is 25.4 Å². The van der Waals surface area contributed by atoms with Gasteiger partial charge in [-0.2, -0.15) is 13.2 Å². The van der Waals surface area contributed by atoms with Crippen LogP contribution >= 0.6 is 0 Å². The van der Waals surface area contributed by atoms with Crippen LogP contribution in [0.3, 0.4) is 0 Å². The molecule has 242 valence electrons. The number of amides is 2. The van der Waals surface area contributed by atoms with Crippen molar-refractivity contribution in [1.82, 2.24) is 15.6 Å². The molecule has 1 aliphatic heterocycles. The monoisotopic (exact) mass is 644 g/mol. The van der Waals surface area contributed by atoms with E-state index in [0.717, 1.165) is 32.0 Å². The zero-order chi connectivity index (χ0) is 32.8. The first-order chi connectivity index (χ1) is 22.0. The van der Waals surface area contributed by atoms with Crippen LogP contribution in [0.1, 0.15) is 24.0 Å². The molecule has 0 bridgehead atoms. The van der Waals surface area contributed by atoms with E-state index < -0.39 is 47.3 Å². The maximum absolute atomic E-state index is 15.0. The zero-order valence-corrected chi connectivity index (χ0v) is 24.5. The van der Waals surface area contributed by atoms with E-state index in [4.69, 9.17) is 14.2 Å². The van der Waals surface area contributed by atoms with Gasteiger partial charge in [0.2, 0.25) is 0 Å². The molecule has 3 aromatic carbocycles. The highest BCUT2D eigenvalue weighted by molar-refractivity contribution is 6.39. The number of rotatable bonds is 9. The van der Waals surface area contributed by atoms with Crippen molar-refractivity contribution in [3.63, 3.8) is 0 Å². The summed E-state index contributed by atoms with van der Waals surface area (Å²) in [6.45, 7) is 1.74. The molecule has 14 heteroatoms. The number of benzene rings is 3. The average molecular weight is 645 g/mol. The van der Waals surface area contributed by atoms with E-state index in [1.807, 2.05) is 5.32 Å². The Morgan fingerprint density at radius 2 is 1.70 bits per heavy atom. The predicted molar refractivity (Wildman–Crippen MR) is 158 cm³/mol. The van der Waals surface area contributed by atoms with Crippen molar-refractivity contribution < 1.29 is 45.8 Å². The number of nitrogens with one attached hydrogen (secondary N) is 3. The molecular formula is C32H29F5N4O5. The summed E-state index contributed by atoms with van der Waals surface area (Å²) < 4.78 is 85.2. The van der Waals surface area contributed by atoms with Gasteiger partial charge in [-0.25, -0.2) is 8.78 Å². The molecule has 0 saturated carbocycles. The number of fused-ring (bicyclic) bond motifs is 1. The van der Waals surface area contributed by atoms with Gasteiger partial charge in [0.15, 0.2) is 23.1 Å². The topological polar surface area (TPSA) is 111 Å². The fourth-order valence-corrected chi connectivity index (χ4v) is 4.86. The first-order valence-corrected chi connectivity index (χ1v) is 14.2. The predicted octanol–water partition coefficient (Wildman–Crippen LogP) is 5.97. The second-order valence-electron chi connectivity index (χ2n) is 10.5. The number of ether oxygens (including phenoxy) is 3. The maximum Gasteiger partial charge on any atom is 0.416 e. The molecule has 1 aliphatic rings. The maximum atomic E-state index is 15.0. The Hall–Kier alpha value is -4.98. The summed E-state index contributed by atoms with van der Waals surface area (Å²) in [5.74, 6) is -2.91.